The van der Waals surface area contributed by atoms with Gasteiger partial charge in [0.25, 0.3) is 0 Å². The minimum Gasteiger partial charge on any atom is -0.389 e. The van der Waals surface area contributed by atoms with Crippen LogP contribution in [0.3, 0.4) is 0 Å². The summed E-state index contributed by atoms with van der Waals surface area (Å²) in [6, 6.07) is 4.53. The highest BCUT2D eigenvalue weighted by Crippen LogP contribution is 2.31. The van der Waals surface area contributed by atoms with E-state index in [9.17, 15) is 9.90 Å². The fraction of sp³-hybridized carbons (Fsp3) is 0.556. The standard InChI is InChI=1S/C18H26N4O4/c1-3-8-20-18(24)21-14-13-11-25-17(26-13)15(16(14)23)22(2)10-7-12-6-4-5-9-19-12/h3-6,9,13-17,23H,1,7-8,10-11H2,2H3,(H2,20,21,24)/t13-,14+,15-,16-,17+/m0/s1. The van der Waals surface area contributed by atoms with Crippen molar-refractivity contribution in [2.75, 3.05) is 26.7 Å². The number of pyridine rings is 1. The highest BCUT2D eigenvalue weighted by molar-refractivity contribution is 5.74. The van der Waals surface area contributed by atoms with Crippen molar-refractivity contribution in [3.05, 3.63) is 42.7 Å². The second-order valence-electron chi connectivity index (χ2n) is 6.58. The Morgan fingerprint density at radius 3 is 3.12 bits per heavy atom. The molecule has 2 bridgehead atoms. The van der Waals surface area contributed by atoms with Gasteiger partial charge in [-0.15, -0.1) is 6.58 Å². The number of aromatic nitrogens is 1. The van der Waals surface area contributed by atoms with Crippen LogP contribution in [-0.4, -0.2) is 78.3 Å². The van der Waals surface area contributed by atoms with Gasteiger partial charge in [0.2, 0.25) is 0 Å². The van der Waals surface area contributed by atoms with Crippen LogP contribution in [0, 0.1) is 0 Å². The molecule has 0 aromatic carbocycles. The summed E-state index contributed by atoms with van der Waals surface area (Å²) >= 11 is 0. The number of hydrogen-bond donors (Lipinski definition) is 3. The van der Waals surface area contributed by atoms with Crippen molar-refractivity contribution in [1.29, 1.82) is 0 Å². The van der Waals surface area contributed by atoms with Crippen molar-refractivity contribution < 1.29 is 19.4 Å². The molecule has 0 saturated carbocycles. The number of likely N-dealkylation sites (N-methyl/N-ethyl adjacent to an activating group) is 1. The molecule has 142 valence electrons. The molecular formula is C18H26N4O4. The third-order valence-corrected chi connectivity index (χ3v) is 4.79. The van der Waals surface area contributed by atoms with Gasteiger partial charge in [0.15, 0.2) is 6.29 Å². The monoisotopic (exact) mass is 362 g/mol. The van der Waals surface area contributed by atoms with Gasteiger partial charge in [-0.3, -0.25) is 9.88 Å². The molecule has 2 aliphatic heterocycles. The average molecular weight is 362 g/mol. The molecule has 2 aliphatic rings. The first-order valence-electron chi connectivity index (χ1n) is 8.80. The molecule has 0 radical (unpaired) electrons. The van der Waals surface area contributed by atoms with E-state index in [4.69, 9.17) is 9.47 Å². The van der Waals surface area contributed by atoms with E-state index in [0.717, 1.165) is 12.1 Å². The maximum absolute atomic E-state index is 12.0. The Bertz CT molecular complexity index is 614. The van der Waals surface area contributed by atoms with Gasteiger partial charge in [0, 0.05) is 31.4 Å². The molecule has 26 heavy (non-hydrogen) atoms. The minimum atomic E-state index is -0.801. The van der Waals surface area contributed by atoms with Crippen LogP contribution in [0.5, 0.6) is 0 Å². The van der Waals surface area contributed by atoms with E-state index in [1.54, 1.807) is 12.3 Å². The van der Waals surface area contributed by atoms with Crippen molar-refractivity contribution in [2.45, 2.75) is 37.0 Å². The number of nitrogens with one attached hydrogen (secondary N) is 2. The van der Waals surface area contributed by atoms with Gasteiger partial charge in [0.1, 0.15) is 6.10 Å². The topological polar surface area (TPSA) is 96.0 Å². The maximum atomic E-state index is 12.0. The molecule has 3 N–H and O–H groups in total. The lowest BCUT2D eigenvalue weighted by Gasteiger charge is -2.42. The Morgan fingerprint density at radius 2 is 2.38 bits per heavy atom. The zero-order valence-electron chi connectivity index (χ0n) is 14.9. The van der Waals surface area contributed by atoms with Gasteiger partial charge in [-0.2, -0.15) is 0 Å². The van der Waals surface area contributed by atoms with Gasteiger partial charge in [-0.25, -0.2) is 4.79 Å². The van der Waals surface area contributed by atoms with Crippen LogP contribution in [0.1, 0.15) is 5.69 Å². The molecule has 1 aromatic rings. The number of carbonyl (C=O) groups is 1. The molecule has 0 spiro atoms. The molecule has 0 unspecified atom stereocenters. The third-order valence-electron chi connectivity index (χ3n) is 4.79. The van der Waals surface area contributed by atoms with Crippen molar-refractivity contribution in [2.24, 2.45) is 0 Å². The molecular weight excluding hydrogens is 336 g/mol. The summed E-state index contributed by atoms with van der Waals surface area (Å²) < 4.78 is 11.6. The summed E-state index contributed by atoms with van der Waals surface area (Å²) in [5.41, 5.74) is 0.981. The second kappa shape index (κ2) is 8.59. The van der Waals surface area contributed by atoms with Crippen molar-refractivity contribution in [1.82, 2.24) is 20.5 Å². The molecule has 5 atom stereocenters. The van der Waals surface area contributed by atoms with Gasteiger partial charge in [-0.05, 0) is 19.2 Å². The smallest absolute Gasteiger partial charge is 0.315 e. The van der Waals surface area contributed by atoms with E-state index < -0.39 is 18.4 Å². The number of nitrogens with zero attached hydrogens (tertiary/aromatic N) is 2. The van der Waals surface area contributed by atoms with E-state index in [2.05, 4.69) is 22.2 Å². The zero-order valence-corrected chi connectivity index (χ0v) is 14.9. The quantitative estimate of drug-likeness (QED) is 0.586. The van der Waals surface area contributed by atoms with Gasteiger partial charge < -0.3 is 25.2 Å². The summed E-state index contributed by atoms with van der Waals surface area (Å²) in [4.78, 5) is 18.3. The first-order chi connectivity index (χ1) is 12.6. The van der Waals surface area contributed by atoms with Crippen LogP contribution < -0.4 is 10.6 Å². The van der Waals surface area contributed by atoms with Crippen LogP contribution >= 0.6 is 0 Å². The number of aliphatic hydroxyl groups is 1. The number of hydrogen-bond acceptors (Lipinski definition) is 6. The van der Waals surface area contributed by atoms with Gasteiger partial charge >= 0.3 is 6.03 Å². The third kappa shape index (κ3) is 4.21. The van der Waals surface area contributed by atoms with Crippen molar-refractivity contribution >= 4 is 6.03 Å². The summed E-state index contributed by atoms with van der Waals surface area (Å²) in [5.74, 6) is 0. The fourth-order valence-corrected chi connectivity index (χ4v) is 3.40. The zero-order chi connectivity index (χ0) is 18.5. The molecule has 1 aromatic heterocycles. The van der Waals surface area contributed by atoms with Crippen LogP contribution in [0.2, 0.25) is 0 Å². The highest BCUT2D eigenvalue weighted by atomic mass is 16.7. The van der Waals surface area contributed by atoms with Crippen LogP contribution in [0.4, 0.5) is 4.79 Å². The Hall–Kier alpha value is -2.00. The van der Waals surface area contributed by atoms with Gasteiger partial charge in [-0.1, -0.05) is 12.1 Å². The Kier molecular flexibility index (Phi) is 6.20. The van der Waals surface area contributed by atoms with Crippen molar-refractivity contribution in [3.63, 3.8) is 0 Å². The molecule has 8 heteroatoms. The molecule has 3 rings (SSSR count). The number of rotatable bonds is 7. The fourth-order valence-electron chi connectivity index (χ4n) is 3.40. The molecule has 2 fully saturated rings. The number of carbonyl (C=O) groups excluding carboxylic acids is 1. The summed E-state index contributed by atoms with van der Waals surface area (Å²) in [6.45, 7) is 4.95. The largest absolute Gasteiger partial charge is 0.389 e. The van der Waals surface area contributed by atoms with E-state index in [1.165, 1.54) is 0 Å². The van der Waals surface area contributed by atoms with E-state index in [-0.39, 0.29) is 18.2 Å². The Balaban J connectivity index is 1.62. The normalized spacial score (nSPS) is 30.2. The summed E-state index contributed by atoms with van der Waals surface area (Å²) in [5, 5.41) is 16.3. The number of aliphatic hydroxyl groups excluding tert-OH is 1. The number of ether oxygens (including phenoxy) is 2. The highest BCUT2D eigenvalue weighted by Gasteiger charge is 2.51. The lowest BCUT2D eigenvalue weighted by atomic mass is 9.95. The first-order valence-corrected chi connectivity index (χ1v) is 8.80. The molecule has 2 amide bonds. The van der Waals surface area contributed by atoms with Gasteiger partial charge in [0.05, 0.1) is 24.8 Å². The van der Waals surface area contributed by atoms with E-state index in [0.29, 0.717) is 19.7 Å². The minimum absolute atomic E-state index is 0.346. The number of urea groups is 1. The number of fused-ring (bicyclic) bond motifs is 2. The van der Waals surface area contributed by atoms with E-state index >= 15 is 0 Å². The molecule has 3 heterocycles. The first kappa shape index (κ1) is 18.8. The van der Waals surface area contributed by atoms with Crippen LogP contribution in [0.25, 0.3) is 0 Å². The Morgan fingerprint density at radius 1 is 1.54 bits per heavy atom. The van der Waals surface area contributed by atoms with Crippen LogP contribution in [-0.2, 0) is 15.9 Å². The molecule has 0 aliphatic carbocycles. The SMILES string of the molecule is C=CCNC(=O)N[C@H]1[C@H](O)[C@H](N(C)CCc2ccccn2)[C@@H]2OC[C@@H]1O2. The lowest BCUT2D eigenvalue weighted by Crippen LogP contribution is -2.65. The molecule has 8 nitrogen and oxygen atoms in total. The summed E-state index contributed by atoms with van der Waals surface area (Å²) in [6.07, 6.45) is 2.44. The predicted molar refractivity (Wildman–Crippen MR) is 95.5 cm³/mol. The van der Waals surface area contributed by atoms with Crippen LogP contribution in [0.15, 0.2) is 37.1 Å². The lowest BCUT2D eigenvalue weighted by molar-refractivity contribution is -0.177. The maximum Gasteiger partial charge on any atom is 0.315 e. The predicted octanol–water partition coefficient (Wildman–Crippen LogP) is -0.106. The molecule has 2 saturated heterocycles. The second-order valence-corrected chi connectivity index (χ2v) is 6.58. The van der Waals surface area contributed by atoms with Crippen molar-refractivity contribution in [3.8, 4) is 0 Å². The average Bonchev–Trinajstić information content (AvgIpc) is 3.08. The number of amides is 2. The summed E-state index contributed by atoms with van der Waals surface area (Å²) in [7, 11) is 1.91. The van der Waals surface area contributed by atoms with E-state index in [1.807, 2.05) is 30.1 Å². The Labute approximate surface area is 153 Å².